The molecule has 0 amide bonds. The smallest absolute Gasteiger partial charge is 0.120 e. The molecule has 1 aromatic rings. The molecule has 108 valence electrons. The van der Waals surface area contributed by atoms with Crippen molar-refractivity contribution in [3.05, 3.63) is 41.5 Å². The van der Waals surface area contributed by atoms with Crippen LogP contribution in [0.5, 0.6) is 0 Å². The van der Waals surface area contributed by atoms with Gasteiger partial charge in [0.1, 0.15) is 8.24 Å². The van der Waals surface area contributed by atoms with Gasteiger partial charge in [0, 0.05) is 30.3 Å². The monoisotopic (exact) mass is 286 g/mol. The molecule has 1 unspecified atom stereocenters. The molecule has 0 saturated carbocycles. The fourth-order valence-electron chi connectivity index (χ4n) is 3.48. The molecule has 2 nitrogen and oxygen atoms in total. The zero-order valence-corrected chi connectivity index (χ0v) is 13.9. The van der Waals surface area contributed by atoms with E-state index >= 15 is 0 Å². The van der Waals surface area contributed by atoms with Crippen molar-refractivity contribution in [3.8, 4) is 0 Å². The SMILES string of the molecule is CN[Si](C)(C)CC1C=C(N2CCCC2)c2ccccc21. The lowest BCUT2D eigenvalue weighted by Crippen LogP contribution is -2.42. The number of hydrogen-bond acceptors (Lipinski definition) is 2. The molecule has 3 heteroatoms. The van der Waals surface area contributed by atoms with Crippen molar-refractivity contribution in [2.75, 3.05) is 20.1 Å². The first-order chi connectivity index (χ1) is 9.61. The van der Waals surface area contributed by atoms with Crippen LogP contribution in [0.4, 0.5) is 0 Å². The summed E-state index contributed by atoms with van der Waals surface area (Å²) in [7, 11) is 0.830. The molecule has 3 rings (SSSR count). The Labute approximate surface area is 124 Å². The number of nitrogens with one attached hydrogen (secondary N) is 1. The van der Waals surface area contributed by atoms with E-state index in [-0.39, 0.29) is 0 Å². The largest absolute Gasteiger partial charge is 0.371 e. The molecule has 1 aromatic carbocycles. The lowest BCUT2D eigenvalue weighted by Gasteiger charge is -2.24. The highest BCUT2D eigenvalue weighted by molar-refractivity contribution is 6.75. The third kappa shape index (κ3) is 2.57. The van der Waals surface area contributed by atoms with E-state index < -0.39 is 8.24 Å². The Hall–Kier alpha value is -1.06. The van der Waals surface area contributed by atoms with Gasteiger partial charge in [-0.25, -0.2) is 0 Å². The molecule has 1 fully saturated rings. The van der Waals surface area contributed by atoms with Gasteiger partial charge in [-0.1, -0.05) is 43.4 Å². The van der Waals surface area contributed by atoms with Crippen LogP contribution in [0.3, 0.4) is 0 Å². The van der Waals surface area contributed by atoms with E-state index in [1.165, 1.54) is 43.2 Å². The topological polar surface area (TPSA) is 15.3 Å². The van der Waals surface area contributed by atoms with Crippen LogP contribution in [0.1, 0.15) is 29.9 Å². The molecule has 20 heavy (non-hydrogen) atoms. The van der Waals surface area contributed by atoms with Crippen LogP contribution in [0.2, 0.25) is 19.1 Å². The second-order valence-corrected chi connectivity index (χ2v) is 11.5. The van der Waals surface area contributed by atoms with E-state index in [9.17, 15) is 0 Å². The molecule has 1 N–H and O–H groups in total. The van der Waals surface area contributed by atoms with E-state index in [2.05, 4.69) is 60.4 Å². The third-order valence-electron chi connectivity index (χ3n) is 4.85. The summed E-state index contributed by atoms with van der Waals surface area (Å²) in [6.07, 6.45) is 5.24. The van der Waals surface area contributed by atoms with E-state index in [1.54, 1.807) is 5.56 Å². The van der Waals surface area contributed by atoms with Crippen LogP contribution in [-0.2, 0) is 0 Å². The highest BCUT2D eigenvalue weighted by Gasteiger charge is 2.31. The Morgan fingerprint density at radius 1 is 1.20 bits per heavy atom. The number of fused-ring (bicyclic) bond motifs is 1. The highest BCUT2D eigenvalue weighted by atomic mass is 28.3. The molecular weight excluding hydrogens is 260 g/mol. The summed E-state index contributed by atoms with van der Waals surface area (Å²) < 4.78 is 0. The number of likely N-dealkylation sites (tertiary alicyclic amines) is 1. The van der Waals surface area contributed by atoms with Crippen LogP contribution in [-0.4, -0.2) is 33.3 Å². The van der Waals surface area contributed by atoms with Crippen molar-refractivity contribution in [1.82, 2.24) is 9.88 Å². The summed E-state index contributed by atoms with van der Waals surface area (Å²) >= 11 is 0. The Balaban J connectivity index is 1.91. The Kier molecular flexibility index (Phi) is 3.74. The number of benzene rings is 1. The molecule has 0 aromatic heterocycles. The second kappa shape index (κ2) is 5.38. The van der Waals surface area contributed by atoms with Gasteiger partial charge in [-0.2, -0.15) is 0 Å². The predicted molar refractivity (Wildman–Crippen MR) is 89.3 cm³/mol. The van der Waals surface area contributed by atoms with Crippen molar-refractivity contribution in [2.24, 2.45) is 0 Å². The Morgan fingerprint density at radius 2 is 1.90 bits per heavy atom. The van der Waals surface area contributed by atoms with Gasteiger partial charge in [-0.05, 0) is 31.5 Å². The molecule has 0 radical (unpaired) electrons. The average molecular weight is 286 g/mol. The molecule has 0 bridgehead atoms. The summed E-state index contributed by atoms with van der Waals surface area (Å²) in [5.74, 6) is 0.607. The quantitative estimate of drug-likeness (QED) is 0.850. The van der Waals surface area contributed by atoms with Crippen LogP contribution in [0.15, 0.2) is 30.3 Å². The average Bonchev–Trinajstić information content (AvgIpc) is 3.07. The molecule has 1 aliphatic heterocycles. The molecule has 0 spiro atoms. The molecule has 1 aliphatic carbocycles. The minimum Gasteiger partial charge on any atom is -0.371 e. The van der Waals surface area contributed by atoms with Crippen molar-refractivity contribution < 1.29 is 0 Å². The van der Waals surface area contributed by atoms with Gasteiger partial charge in [-0.15, -0.1) is 0 Å². The second-order valence-electron chi connectivity index (χ2n) is 6.78. The van der Waals surface area contributed by atoms with E-state index in [0.29, 0.717) is 5.92 Å². The first-order valence-corrected chi connectivity index (χ1v) is 11.1. The maximum atomic E-state index is 3.58. The van der Waals surface area contributed by atoms with Crippen molar-refractivity contribution in [2.45, 2.75) is 37.9 Å². The third-order valence-corrected chi connectivity index (χ3v) is 7.66. The number of hydrogen-bond donors (Lipinski definition) is 1. The molecule has 2 aliphatic rings. The minimum absolute atomic E-state index is 0.607. The fourth-order valence-corrected chi connectivity index (χ4v) is 5.12. The lowest BCUT2D eigenvalue weighted by atomic mass is 10.0. The number of nitrogens with zero attached hydrogens (tertiary/aromatic N) is 1. The standard InChI is InChI=1S/C17H26N2Si/c1-18-20(2,3)13-14-12-17(19-10-6-7-11-19)16-9-5-4-8-15(14)16/h4-5,8-9,12,14,18H,6-7,10-11,13H2,1-3H3. The van der Waals surface area contributed by atoms with E-state index in [1.807, 2.05) is 0 Å². The van der Waals surface area contributed by atoms with Gasteiger partial charge in [-0.3, -0.25) is 0 Å². The highest BCUT2D eigenvalue weighted by Crippen LogP contribution is 2.42. The van der Waals surface area contributed by atoms with Crippen LogP contribution in [0, 0.1) is 0 Å². The maximum Gasteiger partial charge on any atom is 0.120 e. The first kappa shape index (κ1) is 13.9. The van der Waals surface area contributed by atoms with Gasteiger partial charge in [0.05, 0.1) is 0 Å². The van der Waals surface area contributed by atoms with Crippen LogP contribution < -0.4 is 4.98 Å². The van der Waals surface area contributed by atoms with Gasteiger partial charge < -0.3 is 9.88 Å². The molecule has 1 saturated heterocycles. The van der Waals surface area contributed by atoms with Gasteiger partial charge in [0.25, 0.3) is 0 Å². The number of allylic oxidation sites excluding steroid dienone is 1. The van der Waals surface area contributed by atoms with E-state index in [0.717, 1.165) is 0 Å². The summed E-state index contributed by atoms with van der Waals surface area (Å²) in [5.41, 5.74) is 4.54. The van der Waals surface area contributed by atoms with Crippen molar-refractivity contribution in [1.29, 1.82) is 0 Å². The Bertz CT molecular complexity index is 515. The van der Waals surface area contributed by atoms with Crippen molar-refractivity contribution >= 4 is 13.9 Å². The molecule has 1 atom stereocenters. The lowest BCUT2D eigenvalue weighted by molar-refractivity contribution is 0.493. The summed E-state index contributed by atoms with van der Waals surface area (Å²) in [5, 5.41) is 0. The van der Waals surface area contributed by atoms with E-state index in [4.69, 9.17) is 0 Å². The zero-order valence-electron chi connectivity index (χ0n) is 12.9. The minimum atomic E-state index is -1.29. The van der Waals surface area contributed by atoms with Crippen LogP contribution >= 0.6 is 0 Å². The summed E-state index contributed by atoms with van der Waals surface area (Å²) in [6.45, 7) is 7.33. The fraction of sp³-hybridized carbons (Fsp3) is 0.529. The first-order valence-electron chi connectivity index (χ1n) is 7.86. The maximum absolute atomic E-state index is 3.58. The Morgan fingerprint density at radius 3 is 2.60 bits per heavy atom. The molecule has 1 heterocycles. The summed E-state index contributed by atoms with van der Waals surface area (Å²) in [6, 6.07) is 10.3. The normalized spacial score (nSPS) is 22.1. The van der Waals surface area contributed by atoms with Crippen LogP contribution in [0.25, 0.3) is 5.70 Å². The zero-order chi connectivity index (χ0) is 14.2. The number of rotatable bonds is 4. The van der Waals surface area contributed by atoms with Gasteiger partial charge in [0.2, 0.25) is 0 Å². The predicted octanol–water partition coefficient (Wildman–Crippen LogP) is 3.65. The van der Waals surface area contributed by atoms with Gasteiger partial charge in [0.15, 0.2) is 0 Å². The van der Waals surface area contributed by atoms with Crippen molar-refractivity contribution in [3.63, 3.8) is 0 Å². The summed E-state index contributed by atoms with van der Waals surface area (Å²) in [4.78, 5) is 6.17. The molecular formula is C17H26N2Si. The van der Waals surface area contributed by atoms with Gasteiger partial charge >= 0.3 is 0 Å².